The van der Waals surface area contributed by atoms with Crippen LogP contribution in [-0.2, 0) is 4.74 Å². The van der Waals surface area contributed by atoms with Crippen molar-refractivity contribution in [2.24, 2.45) is 0 Å². The zero-order valence-corrected chi connectivity index (χ0v) is 13.3. The average molecular weight is 331 g/mol. The summed E-state index contributed by atoms with van der Waals surface area (Å²) >= 11 is 0. The molecule has 1 heterocycles. The maximum absolute atomic E-state index is 12.7. The highest BCUT2D eigenvalue weighted by Crippen LogP contribution is 2.22. The Balaban J connectivity index is 2.19. The van der Waals surface area contributed by atoms with Crippen molar-refractivity contribution in [3.63, 3.8) is 0 Å². The number of nitro benzene ring substituents is 1. The van der Waals surface area contributed by atoms with Gasteiger partial charge in [-0.2, -0.15) is 0 Å². The lowest BCUT2D eigenvalue weighted by Gasteiger charge is -2.18. The van der Waals surface area contributed by atoms with Crippen molar-refractivity contribution in [1.82, 2.24) is 4.98 Å². The van der Waals surface area contributed by atoms with Crippen LogP contribution in [0.1, 0.15) is 10.4 Å². The van der Waals surface area contributed by atoms with Crippen molar-refractivity contribution in [3.05, 3.63) is 58.3 Å². The number of methoxy groups -OCH3 is 1. The molecule has 0 unspecified atom stereocenters. The predicted octanol–water partition coefficient (Wildman–Crippen LogP) is 2.29. The molecule has 0 aliphatic heterocycles. The van der Waals surface area contributed by atoms with Crippen LogP contribution < -0.4 is 9.64 Å². The second-order valence-corrected chi connectivity index (χ2v) is 4.84. The highest BCUT2D eigenvalue weighted by molar-refractivity contribution is 6.07. The summed E-state index contributed by atoms with van der Waals surface area (Å²) in [6.07, 6.45) is 1.53. The minimum Gasteiger partial charge on any atom is -0.475 e. The first-order valence-corrected chi connectivity index (χ1v) is 7.14. The number of carbonyl (C=O) groups excluding carboxylic acids is 1. The fourth-order valence-corrected chi connectivity index (χ4v) is 1.99. The van der Waals surface area contributed by atoms with E-state index >= 15 is 0 Å². The second-order valence-electron chi connectivity index (χ2n) is 4.84. The SMILES string of the molecule is COCCOc1ncccc1C(=O)N(C)c1ccc([N+](=O)[O-])cc1. The molecular formula is C16H17N3O5. The lowest BCUT2D eigenvalue weighted by molar-refractivity contribution is -0.384. The minimum absolute atomic E-state index is 0.0374. The van der Waals surface area contributed by atoms with Gasteiger partial charge in [0.2, 0.25) is 5.88 Å². The topological polar surface area (TPSA) is 94.8 Å². The summed E-state index contributed by atoms with van der Waals surface area (Å²) in [4.78, 5) is 28.3. The van der Waals surface area contributed by atoms with Crippen molar-refractivity contribution >= 4 is 17.3 Å². The summed E-state index contributed by atoms with van der Waals surface area (Å²) in [7, 11) is 3.13. The summed E-state index contributed by atoms with van der Waals surface area (Å²) in [5.74, 6) is -0.113. The molecule has 0 saturated heterocycles. The van der Waals surface area contributed by atoms with E-state index in [4.69, 9.17) is 9.47 Å². The van der Waals surface area contributed by atoms with Gasteiger partial charge in [-0.3, -0.25) is 14.9 Å². The number of non-ortho nitro benzene ring substituents is 1. The summed E-state index contributed by atoms with van der Waals surface area (Å²) in [5.41, 5.74) is 0.788. The number of nitrogens with zero attached hydrogens (tertiary/aromatic N) is 3. The van der Waals surface area contributed by atoms with Gasteiger partial charge in [-0.15, -0.1) is 0 Å². The summed E-state index contributed by atoms with van der Waals surface area (Å²) in [6, 6.07) is 8.96. The van der Waals surface area contributed by atoms with Crippen LogP contribution in [0.15, 0.2) is 42.6 Å². The zero-order chi connectivity index (χ0) is 17.5. The van der Waals surface area contributed by atoms with Gasteiger partial charge < -0.3 is 14.4 Å². The fourth-order valence-electron chi connectivity index (χ4n) is 1.99. The van der Waals surface area contributed by atoms with Crippen LogP contribution in [0.25, 0.3) is 0 Å². The van der Waals surface area contributed by atoms with Gasteiger partial charge in [0, 0.05) is 38.2 Å². The van der Waals surface area contributed by atoms with Crippen LogP contribution in [0.5, 0.6) is 5.88 Å². The van der Waals surface area contributed by atoms with E-state index in [1.807, 2.05) is 0 Å². The molecule has 0 spiro atoms. The lowest BCUT2D eigenvalue weighted by atomic mass is 10.2. The molecule has 0 bridgehead atoms. The van der Waals surface area contributed by atoms with E-state index in [1.165, 1.54) is 35.4 Å². The average Bonchev–Trinajstić information content (AvgIpc) is 2.61. The molecule has 2 aromatic rings. The molecule has 1 amide bonds. The van der Waals surface area contributed by atoms with E-state index in [0.717, 1.165) is 0 Å². The van der Waals surface area contributed by atoms with E-state index in [9.17, 15) is 14.9 Å². The van der Waals surface area contributed by atoms with Gasteiger partial charge in [0.15, 0.2) is 0 Å². The molecule has 0 aliphatic carbocycles. The van der Waals surface area contributed by atoms with Gasteiger partial charge in [-0.1, -0.05) is 0 Å². The normalized spacial score (nSPS) is 10.2. The summed E-state index contributed by atoms with van der Waals surface area (Å²) in [6.45, 7) is 0.650. The molecular weight excluding hydrogens is 314 g/mol. The number of hydrogen-bond donors (Lipinski definition) is 0. The van der Waals surface area contributed by atoms with Gasteiger partial charge in [0.05, 0.1) is 11.5 Å². The molecule has 8 heteroatoms. The molecule has 8 nitrogen and oxygen atoms in total. The molecule has 2 rings (SSSR count). The number of hydrogen-bond acceptors (Lipinski definition) is 6. The van der Waals surface area contributed by atoms with Gasteiger partial charge in [0.1, 0.15) is 12.2 Å². The Kier molecular flexibility index (Phi) is 5.80. The number of anilines is 1. The van der Waals surface area contributed by atoms with Crippen LogP contribution >= 0.6 is 0 Å². The van der Waals surface area contributed by atoms with E-state index in [2.05, 4.69) is 4.98 Å². The zero-order valence-electron chi connectivity index (χ0n) is 13.3. The van der Waals surface area contributed by atoms with Crippen LogP contribution in [-0.4, -0.2) is 43.2 Å². The Morgan fingerprint density at radius 3 is 2.58 bits per heavy atom. The van der Waals surface area contributed by atoms with Crippen molar-refractivity contribution in [2.45, 2.75) is 0 Å². The van der Waals surface area contributed by atoms with Gasteiger partial charge >= 0.3 is 0 Å². The molecule has 0 saturated carbocycles. The van der Waals surface area contributed by atoms with E-state index in [-0.39, 0.29) is 24.1 Å². The number of pyridine rings is 1. The van der Waals surface area contributed by atoms with Crippen molar-refractivity contribution in [2.75, 3.05) is 32.3 Å². The van der Waals surface area contributed by atoms with E-state index < -0.39 is 4.92 Å². The van der Waals surface area contributed by atoms with Crippen molar-refractivity contribution in [1.29, 1.82) is 0 Å². The number of aromatic nitrogens is 1. The van der Waals surface area contributed by atoms with Gasteiger partial charge in [-0.05, 0) is 24.3 Å². The first-order valence-electron chi connectivity index (χ1n) is 7.14. The molecule has 1 aromatic carbocycles. The number of amides is 1. The molecule has 24 heavy (non-hydrogen) atoms. The van der Waals surface area contributed by atoms with Crippen LogP contribution in [0.3, 0.4) is 0 Å². The highest BCUT2D eigenvalue weighted by atomic mass is 16.6. The Bertz CT molecular complexity index is 718. The van der Waals surface area contributed by atoms with Crippen LogP contribution in [0.2, 0.25) is 0 Å². The van der Waals surface area contributed by atoms with Gasteiger partial charge in [0.25, 0.3) is 11.6 Å². The number of carbonyl (C=O) groups is 1. The molecule has 0 aliphatic rings. The van der Waals surface area contributed by atoms with Crippen LogP contribution in [0, 0.1) is 10.1 Å². The van der Waals surface area contributed by atoms with Crippen molar-refractivity contribution < 1.29 is 19.2 Å². The lowest BCUT2D eigenvalue weighted by Crippen LogP contribution is -2.27. The second kappa shape index (κ2) is 8.02. The van der Waals surface area contributed by atoms with Crippen LogP contribution in [0.4, 0.5) is 11.4 Å². The minimum atomic E-state index is -0.492. The molecule has 0 atom stereocenters. The maximum atomic E-state index is 12.7. The third-order valence-electron chi connectivity index (χ3n) is 3.28. The smallest absolute Gasteiger partial charge is 0.269 e. The molecule has 0 N–H and O–H groups in total. The number of ether oxygens (including phenoxy) is 2. The Morgan fingerprint density at radius 2 is 1.96 bits per heavy atom. The van der Waals surface area contributed by atoms with E-state index in [1.54, 1.807) is 26.3 Å². The Labute approximate surface area is 138 Å². The van der Waals surface area contributed by atoms with Gasteiger partial charge in [-0.25, -0.2) is 4.98 Å². The molecule has 1 aromatic heterocycles. The highest BCUT2D eigenvalue weighted by Gasteiger charge is 2.19. The summed E-state index contributed by atoms with van der Waals surface area (Å²) < 4.78 is 10.4. The first kappa shape index (κ1) is 17.4. The first-order chi connectivity index (χ1) is 11.5. The van der Waals surface area contributed by atoms with E-state index in [0.29, 0.717) is 17.9 Å². The standard InChI is InChI=1S/C16H17N3O5/c1-18(12-5-7-13(8-6-12)19(21)22)16(20)14-4-3-9-17-15(14)24-11-10-23-2/h3-9H,10-11H2,1-2H3. The fraction of sp³-hybridized carbons (Fsp3) is 0.250. The monoisotopic (exact) mass is 331 g/mol. The molecule has 0 radical (unpaired) electrons. The number of benzene rings is 1. The molecule has 0 fully saturated rings. The van der Waals surface area contributed by atoms with Crippen molar-refractivity contribution in [3.8, 4) is 5.88 Å². The summed E-state index contributed by atoms with van der Waals surface area (Å²) in [5, 5.41) is 10.7. The third-order valence-corrected chi connectivity index (χ3v) is 3.28. The largest absolute Gasteiger partial charge is 0.475 e. The number of rotatable bonds is 7. The molecule has 126 valence electrons. The third kappa shape index (κ3) is 4.05. The quantitative estimate of drug-likeness (QED) is 0.439. The predicted molar refractivity (Wildman–Crippen MR) is 87.4 cm³/mol. The number of nitro groups is 1. The Hall–Kier alpha value is -3.00. The Morgan fingerprint density at radius 1 is 1.25 bits per heavy atom. The maximum Gasteiger partial charge on any atom is 0.269 e.